The lowest BCUT2D eigenvalue weighted by Gasteiger charge is -2.28. The number of rotatable bonds is 80. The first kappa shape index (κ1) is 103. The van der Waals surface area contributed by atoms with Crippen molar-refractivity contribution in [2.75, 3.05) is 32.9 Å². The molecule has 0 saturated carbocycles. The topological polar surface area (TPSA) is 215 Å². The van der Waals surface area contributed by atoms with Crippen molar-refractivity contribution in [3.8, 4) is 5.75 Å². The number of amides is 2. The van der Waals surface area contributed by atoms with Gasteiger partial charge in [-0.2, -0.15) is 0 Å². The third-order valence-corrected chi connectivity index (χ3v) is 23.5. The van der Waals surface area contributed by atoms with Crippen LogP contribution in [0.4, 0.5) is 0 Å². The minimum absolute atomic E-state index is 0.0911. The van der Waals surface area contributed by atoms with Gasteiger partial charge in [0.1, 0.15) is 42.9 Å². The molecule has 2 aromatic carbocycles. The number of carbonyl (C=O) groups excluding carboxylic acids is 6. The van der Waals surface area contributed by atoms with Crippen LogP contribution in [0.5, 0.6) is 5.75 Å². The van der Waals surface area contributed by atoms with Gasteiger partial charge in [-0.05, 0) is 107 Å². The molecule has 112 heavy (non-hydrogen) atoms. The van der Waals surface area contributed by atoms with Gasteiger partial charge in [-0.3, -0.25) is 28.8 Å². The average Bonchev–Trinajstić information content (AvgIpc) is 0.852. The third-order valence-electron chi connectivity index (χ3n) is 23.5. The van der Waals surface area contributed by atoms with E-state index in [1.807, 2.05) is 0 Å². The lowest BCUT2D eigenvalue weighted by molar-refractivity contribution is -0.147. The summed E-state index contributed by atoms with van der Waals surface area (Å²) in [6, 6.07) is 13.1. The van der Waals surface area contributed by atoms with Crippen LogP contribution in [0.3, 0.4) is 0 Å². The lowest BCUT2D eigenvalue weighted by atomic mass is 9.78. The fourth-order valence-electron chi connectivity index (χ4n) is 16.3. The van der Waals surface area contributed by atoms with Gasteiger partial charge in [-0.25, -0.2) is 0 Å². The number of ketones is 2. The molecule has 0 heterocycles. The molecular weight excluding hydrogens is 1400 g/mol. The second-order valence-electron chi connectivity index (χ2n) is 34.8. The summed E-state index contributed by atoms with van der Waals surface area (Å²) in [5.74, 6) is 2.79. The maximum absolute atomic E-state index is 12.8. The number of nitrogens with one attached hydrogen (secondary N) is 2. The van der Waals surface area contributed by atoms with Gasteiger partial charge in [-0.1, -0.05) is 386 Å². The molecule has 0 aromatic heterocycles. The Morgan fingerprint density at radius 1 is 0.321 bits per heavy atom. The number of benzene rings is 2. The SMILES string of the molecule is CCCCCCCCC(CCCCCCCCC(=O)NCCNC(=O)CCCCCCCCC(CCCCCCCC)C(CCCCCCCC)CCCCCCCCC(=O)OCC(O)c1ccc(C(=O)C(C)(C)O)cc1)C(CCCCCCCC)CCCCCCCCC(=O)OCCOc1ccc(C(=O)C(C)(C)O)cc1. The number of ether oxygens (including phenoxy) is 3. The Kier molecular flexibility index (Phi) is 64.1. The normalized spacial score (nSPS) is 13.2. The van der Waals surface area contributed by atoms with E-state index in [9.17, 15) is 44.1 Å². The average molecular weight is 1570 g/mol. The highest BCUT2D eigenvalue weighted by Gasteiger charge is 2.28. The van der Waals surface area contributed by atoms with Crippen LogP contribution in [0.1, 0.15) is 473 Å². The molecule has 0 radical (unpaired) electrons. The number of hydrogen-bond donors (Lipinski definition) is 5. The van der Waals surface area contributed by atoms with Crippen molar-refractivity contribution in [2.24, 2.45) is 23.7 Å². The Labute approximate surface area is 686 Å². The summed E-state index contributed by atoms with van der Waals surface area (Å²) in [5.41, 5.74) is -1.57. The Morgan fingerprint density at radius 3 is 0.857 bits per heavy atom. The van der Waals surface area contributed by atoms with Crippen molar-refractivity contribution in [3.63, 3.8) is 0 Å². The fourth-order valence-corrected chi connectivity index (χ4v) is 16.3. The Hall–Kier alpha value is -4.66. The number of aliphatic hydroxyl groups excluding tert-OH is 1. The highest BCUT2D eigenvalue weighted by Crippen LogP contribution is 2.36. The minimum Gasteiger partial charge on any atom is -0.490 e. The first-order valence-corrected chi connectivity index (χ1v) is 47.1. The summed E-state index contributed by atoms with van der Waals surface area (Å²) in [7, 11) is 0. The third kappa shape index (κ3) is 56.6. The summed E-state index contributed by atoms with van der Waals surface area (Å²) in [6.07, 6.45) is 71.5. The van der Waals surface area contributed by atoms with E-state index in [2.05, 4.69) is 38.3 Å². The van der Waals surface area contributed by atoms with Gasteiger partial charge in [-0.15, -0.1) is 0 Å². The Balaban J connectivity index is 1.70. The molecule has 2 aromatic rings. The molecule has 2 rings (SSSR count). The van der Waals surface area contributed by atoms with Crippen LogP contribution in [0, 0.1) is 23.7 Å². The van der Waals surface area contributed by atoms with E-state index in [4.69, 9.17) is 14.2 Å². The van der Waals surface area contributed by atoms with Gasteiger partial charge < -0.3 is 40.2 Å². The van der Waals surface area contributed by atoms with Crippen LogP contribution in [-0.4, -0.2) is 94.8 Å². The van der Waals surface area contributed by atoms with Crippen molar-refractivity contribution >= 4 is 35.3 Å². The van der Waals surface area contributed by atoms with E-state index >= 15 is 0 Å². The summed E-state index contributed by atoms with van der Waals surface area (Å²) in [5, 5.41) is 36.8. The molecule has 5 unspecified atom stereocenters. The quantitative estimate of drug-likeness (QED) is 0.0238. The first-order chi connectivity index (χ1) is 54.2. The number of carbonyl (C=O) groups is 6. The molecule has 14 heteroatoms. The second-order valence-corrected chi connectivity index (χ2v) is 34.8. The summed E-state index contributed by atoms with van der Waals surface area (Å²) in [6.45, 7) is 16.3. The summed E-state index contributed by atoms with van der Waals surface area (Å²) < 4.78 is 16.6. The molecule has 0 fully saturated rings. The number of Topliss-reactive ketones (excluding diaryl/α,β-unsaturated/α-hetero) is 2. The molecule has 14 nitrogen and oxygen atoms in total. The molecule has 0 spiro atoms. The van der Waals surface area contributed by atoms with Crippen molar-refractivity contribution < 1.29 is 58.3 Å². The van der Waals surface area contributed by atoms with Crippen molar-refractivity contribution in [1.82, 2.24) is 10.6 Å². The van der Waals surface area contributed by atoms with Crippen LogP contribution in [0.25, 0.3) is 0 Å². The highest BCUT2D eigenvalue weighted by molar-refractivity contribution is 6.02. The second kappa shape index (κ2) is 69.5. The molecule has 0 bridgehead atoms. The standard InChI is InChI=1S/C98H172N2O12/c1-9-13-17-21-33-45-57-82(84(59-47-35-23-19-15-11-3)63-51-39-27-31-43-55-67-93(104)111-80-79-110-89-75-73-88(74-76-89)96(107)98(7,8)109)61-49-37-25-29-41-53-65-91(102)99-77-78-100-92(103)66-54-42-30-26-38-50-62-83(58-46-34-22-18-14-10-2)85(60-48-36-24-20-16-12-4)64-52-40-28-32-44-56-68-94(105)112-81-90(101)86-69-71-87(72-70-86)95(106)97(5,6)108/h69-76,82-85,90,101,108-109H,9-68,77-81H2,1-8H3,(H,99,102)(H,100,103). The van der Waals surface area contributed by atoms with Crippen molar-refractivity contribution in [3.05, 3.63) is 65.2 Å². The zero-order valence-electron chi connectivity index (χ0n) is 73.5. The fraction of sp³-hybridized carbons (Fsp3) is 0.816. The van der Waals surface area contributed by atoms with E-state index in [1.54, 1.807) is 48.5 Å². The predicted octanol–water partition coefficient (Wildman–Crippen LogP) is 26.0. The molecule has 0 aliphatic rings. The van der Waals surface area contributed by atoms with E-state index < -0.39 is 23.1 Å². The van der Waals surface area contributed by atoms with Gasteiger partial charge in [0.15, 0.2) is 11.6 Å². The molecule has 0 aliphatic heterocycles. The van der Waals surface area contributed by atoms with E-state index in [0.29, 0.717) is 61.2 Å². The maximum atomic E-state index is 12.8. The van der Waals surface area contributed by atoms with Gasteiger partial charge in [0, 0.05) is 49.9 Å². The monoisotopic (exact) mass is 1570 g/mol. The number of aliphatic hydroxyl groups is 3. The van der Waals surface area contributed by atoms with Gasteiger partial charge in [0.05, 0.1) is 0 Å². The molecular formula is C98H172N2O12. The van der Waals surface area contributed by atoms with Crippen LogP contribution < -0.4 is 15.4 Å². The lowest BCUT2D eigenvalue weighted by Crippen LogP contribution is -2.34. The highest BCUT2D eigenvalue weighted by atomic mass is 16.6. The molecule has 2 amide bonds. The van der Waals surface area contributed by atoms with Gasteiger partial charge >= 0.3 is 11.9 Å². The molecule has 0 aliphatic carbocycles. The van der Waals surface area contributed by atoms with Crippen LogP contribution in [0.15, 0.2) is 48.5 Å². The largest absolute Gasteiger partial charge is 0.490 e. The summed E-state index contributed by atoms with van der Waals surface area (Å²) >= 11 is 0. The van der Waals surface area contributed by atoms with Crippen LogP contribution in [-0.2, 0) is 28.7 Å². The molecule has 0 saturated heterocycles. The Morgan fingerprint density at radius 2 is 0.571 bits per heavy atom. The first-order valence-electron chi connectivity index (χ1n) is 47.1. The van der Waals surface area contributed by atoms with E-state index in [-0.39, 0.29) is 49.4 Å². The van der Waals surface area contributed by atoms with Crippen LogP contribution >= 0.6 is 0 Å². The smallest absolute Gasteiger partial charge is 0.305 e. The van der Waals surface area contributed by atoms with Gasteiger partial charge in [0.2, 0.25) is 11.8 Å². The zero-order chi connectivity index (χ0) is 81.8. The van der Waals surface area contributed by atoms with Crippen molar-refractivity contribution in [2.45, 2.75) is 458 Å². The van der Waals surface area contributed by atoms with Gasteiger partial charge in [0.25, 0.3) is 0 Å². The minimum atomic E-state index is -1.48. The number of unbranched alkanes of at least 4 members (excludes halogenated alkanes) is 40. The predicted molar refractivity (Wildman–Crippen MR) is 466 cm³/mol. The van der Waals surface area contributed by atoms with Crippen LogP contribution in [0.2, 0.25) is 0 Å². The van der Waals surface area contributed by atoms with E-state index in [1.165, 1.54) is 323 Å². The number of hydrogen-bond acceptors (Lipinski definition) is 12. The Bertz CT molecular complexity index is 2590. The molecule has 5 atom stereocenters. The molecule has 5 N–H and O–H groups in total. The summed E-state index contributed by atoms with van der Waals surface area (Å²) in [4.78, 5) is 75.3. The zero-order valence-corrected chi connectivity index (χ0v) is 73.5. The van der Waals surface area contributed by atoms with Crippen molar-refractivity contribution in [1.29, 1.82) is 0 Å². The number of esters is 2. The maximum Gasteiger partial charge on any atom is 0.305 e. The van der Waals surface area contributed by atoms with E-state index in [0.717, 1.165) is 87.9 Å². The molecule has 646 valence electrons.